The molecule has 0 aromatic carbocycles. The Hall–Kier alpha value is -0.900. The van der Waals surface area contributed by atoms with Crippen LogP contribution in [-0.4, -0.2) is 55.1 Å². The Kier molecular flexibility index (Phi) is 7.81. The van der Waals surface area contributed by atoms with Gasteiger partial charge in [0.25, 0.3) is 0 Å². The van der Waals surface area contributed by atoms with Crippen molar-refractivity contribution in [2.75, 3.05) is 40.6 Å². The first-order chi connectivity index (χ1) is 7.52. The van der Waals surface area contributed by atoms with Crippen LogP contribution in [0.3, 0.4) is 0 Å². The van der Waals surface area contributed by atoms with Crippen molar-refractivity contribution in [1.82, 2.24) is 9.44 Å². The van der Waals surface area contributed by atoms with E-state index in [4.69, 9.17) is 9.47 Å². The van der Waals surface area contributed by atoms with Gasteiger partial charge < -0.3 is 14.2 Å². The van der Waals surface area contributed by atoms with E-state index in [9.17, 15) is 13.2 Å². The molecule has 0 unspecified atom stereocenters. The Bertz CT molecular complexity index is 291. The zero-order valence-electron chi connectivity index (χ0n) is 9.19. The molecule has 96 valence electrons. The molecule has 0 rings (SSSR count). The highest BCUT2D eigenvalue weighted by molar-refractivity contribution is 7.88. The number of amides is 1. The van der Waals surface area contributed by atoms with E-state index in [1.54, 1.807) is 4.72 Å². The van der Waals surface area contributed by atoms with Gasteiger partial charge in [-0.05, 0) is 0 Å². The molecule has 0 aromatic heterocycles. The molecule has 0 heterocycles. The topological polar surface area (TPSA) is 103 Å². The molecule has 0 aliphatic carbocycles. The highest BCUT2D eigenvalue weighted by Gasteiger charge is 2.12. The van der Waals surface area contributed by atoms with Crippen molar-refractivity contribution < 1.29 is 27.4 Å². The van der Waals surface area contributed by atoms with E-state index >= 15 is 0 Å². The van der Waals surface area contributed by atoms with Gasteiger partial charge >= 0.3 is 16.3 Å². The number of hydrogen-bond donors (Lipinski definition) is 2. The lowest BCUT2D eigenvalue weighted by Gasteiger charge is -2.07. The summed E-state index contributed by atoms with van der Waals surface area (Å²) in [6, 6.07) is 0. The lowest BCUT2D eigenvalue weighted by molar-refractivity contribution is 0.0736. The maximum atomic E-state index is 11.1. The quantitative estimate of drug-likeness (QED) is 0.531. The molecule has 0 atom stereocenters. The molecule has 16 heavy (non-hydrogen) atoms. The van der Waals surface area contributed by atoms with Crippen LogP contribution in [0.2, 0.25) is 0 Å². The molecule has 0 aliphatic rings. The number of nitrogens with one attached hydrogen (secondary N) is 2. The van der Waals surface area contributed by atoms with Crippen molar-refractivity contribution in [1.29, 1.82) is 0 Å². The second-order valence-corrected chi connectivity index (χ2v) is 4.10. The molecular weight excluding hydrogens is 240 g/mol. The fourth-order valence-corrected chi connectivity index (χ4v) is 1.41. The first-order valence-corrected chi connectivity index (χ1v) is 5.92. The van der Waals surface area contributed by atoms with Crippen LogP contribution in [0.4, 0.5) is 4.79 Å². The zero-order chi connectivity index (χ0) is 12.4. The Morgan fingerprint density at radius 3 is 2.44 bits per heavy atom. The second kappa shape index (κ2) is 8.28. The molecule has 8 nitrogen and oxygen atoms in total. The number of carbonyl (C=O) groups excluding carboxylic acids is 1. The molecule has 0 saturated carbocycles. The Balaban J connectivity index is 3.63. The van der Waals surface area contributed by atoms with E-state index in [-0.39, 0.29) is 13.2 Å². The fraction of sp³-hybridized carbons (Fsp3) is 0.857. The summed E-state index contributed by atoms with van der Waals surface area (Å²) in [7, 11) is -1.27. The number of ether oxygens (including phenoxy) is 3. The molecule has 0 bridgehead atoms. The van der Waals surface area contributed by atoms with Crippen molar-refractivity contribution in [3.05, 3.63) is 0 Å². The van der Waals surface area contributed by atoms with Crippen LogP contribution < -0.4 is 9.44 Å². The molecule has 9 heteroatoms. The molecule has 0 aliphatic heterocycles. The van der Waals surface area contributed by atoms with Crippen molar-refractivity contribution in [3.63, 3.8) is 0 Å². The molecule has 0 spiro atoms. The lowest BCUT2D eigenvalue weighted by atomic mass is 10.7. The van der Waals surface area contributed by atoms with Gasteiger partial charge in [-0.2, -0.15) is 13.1 Å². The molecule has 0 saturated heterocycles. The van der Waals surface area contributed by atoms with E-state index in [1.165, 1.54) is 7.11 Å². The summed E-state index contributed by atoms with van der Waals surface area (Å²) in [5.41, 5.74) is 0. The molecule has 0 radical (unpaired) electrons. The summed E-state index contributed by atoms with van der Waals surface area (Å²) in [6.07, 6.45) is -1.05. The van der Waals surface area contributed by atoms with Crippen LogP contribution in [0, 0.1) is 0 Å². The smallest absolute Gasteiger partial charge is 0.421 e. The van der Waals surface area contributed by atoms with Crippen LogP contribution in [0.5, 0.6) is 0 Å². The van der Waals surface area contributed by atoms with Crippen LogP contribution >= 0.6 is 0 Å². The first-order valence-electron chi connectivity index (χ1n) is 4.44. The summed E-state index contributed by atoms with van der Waals surface area (Å²) in [5.74, 6) is 0. The molecular formula is C7H16N2O6S. The Morgan fingerprint density at radius 1 is 1.19 bits per heavy atom. The third kappa shape index (κ3) is 8.41. The number of methoxy groups -OCH3 is 2. The third-order valence-electron chi connectivity index (χ3n) is 1.37. The predicted molar refractivity (Wildman–Crippen MR) is 55.2 cm³/mol. The first kappa shape index (κ1) is 15.1. The van der Waals surface area contributed by atoms with E-state index < -0.39 is 16.3 Å². The van der Waals surface area contributed by atoms with E-state index in [0.717, 1.165) is 7.11 Å². The minimum absolute atomic E-state index is 0.0516. The maximum absolute atomic E-state index is 11.1. The van der Waals surface area contributed by atoms with Gasteiger partial charge in [0.2, 0.25) is 0 Å². The van der Waals surface area contributed by atoms with Gasteiger partial charge in [-0.15, -0.1) is 0 Å². The third-order valence-corrected chi connectivity index (χ3v) is 2.39. The summed E-state index contributed by atoms with van der Waals surface area (Å²) < 4.78 is 39.7. The highest BCUT2D eigenvalue weighted by Crippen LogP contribution is 1.81. The molecule has 2 N–H and O–H groups in total. The SMILES string of the molecule is COCCOCCNS(=O)(=O)NC(=O)OC. The monoisotopic (exact) mass is 256 g/mol. The van der Waals surface area contributed by atoms with Crippen LogP contribution in [0.1, 0.15) is 0 Å². The van der Waals surface area contributed by atoms with Gasteiger partial charge in [0.15, 0.2) is 0 Å². The lowest BCUT2D eigenvalue weighted by Crippen LogP contribution is -2.41. The number of hydrogen-bond acceptors (Lipinski definition) is 6. The van der Waals surface area contributed by atoms with Gasteiger partial charge in [0, 0.05) is 13.7 Å². The van der Waals surface area contributed by atoms with Crippen molar-refractivity contribution in [3.8, 4) is 0 Å². The number of rotatable bonds is 8. The van der Waals surface area contributed by atoms with Gasteiger partial charge in [0.1, 0.15) is 0 Å². The summed E-state index contributed by atoms with van der Waals surface area (Å²) in [5, 5.41) is 0. The average molecular weight is 256 g/mol. The van der Waals surface area contributed by atoms with Crippen LogP contribution in [0.15, 0.2) is 0 Å². The normalized spacial score (nSPS) is 11.1. The highest BCUT2D eigenvalue weighted by atomic mass is 32.2. The Labute approximate surface area is 94.4 Å². The summed E-state index contributed by atoms with van der Waals surface area (Å²) in [4.78, 5) is 10.6. The fourth-order valence-electron chi connectivity index (χ4n) is 0.680. The van der Waals surface area contributed by atoms with Gasteiger partial charge in [0.05, 0.1) is 26.9 Å². The molecule has 0 fully saturated rings. The van der Waals surface area contributed by atoms with Crippen molar-refractivity contribution >= 4 is 16.3 Å². The maximum Gasteiger partial charge on any atom is 0.421 e. The largest absolute Gasteiger partial charge is 0.452 e. The van der Waals surface area contributed by atoms with Gasteiger partial charge in [-0.1, -0.05) is 0 Å². The minimum atomic E-state index is -3.87. The van der Waals surface area contributed by atoms with Crippen molar-refractivity contribution in [2.24, 2.45) is 0 Å². The second-order valence-electron chi connectivity index (χ2n) is 2.60. The predicted octanol–water partition coefficient (Wildman–Crippen LogP) is -1.16. The van der Waals surface area contributed by atoms with Gasteiger partial charge in [-0.3, -0.25) is 0 Å². The summed E-state index contributed by atoms with van der Waals surface area (Å²) >= 11 is 0. The summed E-state index contributed by atoms with van der Waals surface area (Å²) in [6.45, 7) is 1.05. The standard InChI is InChI=1S/C7H16N2O6S/c1-13-5-6-15-4-3-8-16(11,12)9-7(10)14-2/h8H,3-6H2,1-2H3,(H,9,10). The van der Waals surface area contributed by atoms with E-state index in [1.807, 2.05) is 0 Å². The average Bonchev–Trinajstić information content (AvgIpc) is 2.22. The molecule has 1 amide bonds. The van der Waals surface area contributed by atoms with Gasteiger partial charge in [-0.25, -0.2) is 9.52 Å². The molecule has 0 aromatic rings. The van der Waals surface area contributed by atoms with E-state index in [2.05, 4.69) is 9.46 Å². The van der Waals surface area contributed by atoms with Crippen LogP contribution in [-0.2, 0) is 24.4 Å². The minimum Gasteiger partial charge on any atom is -0.452 e. The Morgan fingerprint density at radius 2 is 1.88 bits per heavy atom. The van der Waals surface area contributed by atoms with Crippen LogP contribution in [0.25, 0.3) is 0 Å². The van der Waals surface area contributed by atoms with E-state index in [0.29, 0.717) is 13.2 Å². The number of carbonyl (C=O) groups is 1. The zero-order valence-corrected chi connectivity index (χ0v) is 10.0. The van der Waals surface area contributed by atoms with Crippen molar-refractivity contribution in [2.45, 2.75) is 0 Å².